The number of allylic oxidation sites excluding steroid dienone is 3. The first kappa shape index (κ1) is 35.3. The molecule has 1 aromatic carbocycles. The van der Waals surface area contributed by atoms with Gasteiger partial charge in [0.1, 0.15) is 24.0 Å². The van der Waals surface area contributed by atoms with Crippen LogP contribution in [-0.4, -0.2) is 57.2 Å². The number of methoxy groups -OCH3 is 2. The van der Waals surface area contributed by atoms with E-state index in [1.165, 1.54) is 0 Å². The van der Waals surface area contributed by atoms with E-state index in [0.717, 1.165) is 23.4 Å². The zero-order valence-electron chi connectivity index (χ0n) is 27.4. The standard InChI is InChI=1S/C36H48ClN3O4/c1-9-26(11-10-12-32(44-8)22-43-7)27-17-28-19-30(37)13-14-33(28)40(23-36(4,5)6)35(42)29(18-27)20-34-38-21-31(39-34)16-24(2)15-25(3)41/h1,10-14,19,24,26-27,29H,15-18,20-23H2,2-8H3/b11-10-,32-12+/t24-,26?,27?,29+/m0/s1. The van der Waals surface area contributed by atoms with E-state index < -0.39 is 0 Å². The Labute approximate surface area is 268 Å². The van der Waals surface area contributed by atoms with Crippen molar-refractivity contribution in [2.45, 2.75) is 66.7 Å². The van der Waals surface area contributed by atoms with E-state index in [4.69, 9.17) is 37.5 Å². The number of carbonyl (C=O) groups is 2. The largest absolute Gasteiger partial charge is 0.499 e. The quantitative estimate of drug-likeness (QED) is 0.133. The Morgan fingerprint density at radius 1 is 1.30 bits per heavy atom. The molecule has 2 aliphatic heterocycles. The molecule has 2 aliphatic rings. The molecule has 2 unspecified atom stereocenters. The molecular weight excluding hydrogens is 574 g/mol. The number of fused-ring (bicyclic) bond motifs is 1. The zero-order valence-corrected chi connectivity index (χ0v) is 28.1. The molecule has 0 N–H and O–H groups in total. The monoisotopic (exact) mass is 621 g/mol. The Morgan fingerprint density at radius 3 is 2.68 bits per heavy atom. The SMILES string of the molecule is C#CC(/C=C\C=C(/COC)OC)C1Cc2cc(Cl)ccc2N(CC(C)(C)C)C(=O)[C@@H](CC2=NCC(C[C@@H](C)CC(C)=O)=N2)C1. The third kappa shape index (κ3) is 10.5. The van der Waals surface area contributed by atoms with E-state index in [-0.39, 0.29) is 40.8 Å². The highest BCUT2D eigenvalue weighted by atomic mass is 35.5. The van der Waals surface area contributed by atoms with Gasteiger partial charge in [-0.15, -0.1) is 6.42 Å². The first-order valence-electron chi connectivity index (χ1n) is 15.4. The van der Waals surface area contributed by atoms with Gasteiger partial charge >= 0.3 is 0 Å². The van der Waals surface area contributed by atoms with Crippen LogP contribution in [0.2, 0.25) is 5.02 Å². The molecular formula is C36H48ClN3O4. The summed E-state index contributed by atoms with van der Waals surface area (Å²) in [7, 11) is 3.22. The number of hydrogen-bond acceptors (Lipinski definition) is 6. The molecule has 8 heteroatoms. The van der Waals surface area contributed by atoms with Crippen LogP contribution in [0.15, 0.2) is 52.2 Å². The first-order chi connectivity index (χ1) is 20.8. The van der Waals surface area contributed by atoms with Gasteiger partial charge in [-0.25, -0.2) is 4.99 Å². The molecule has 3 rings (SSSR count). The second-order valence-corrected chi connectivity index (χ2v) is 13.8. The minimum absolute atomic E-state index is 0.0259. The molecule has 2 heterocycles. The van der Waals surface area contributed by atoms with Crippen LogP contribution >= 0.6 is 11.6 Å². The highest BCUT2D eigenvalue weighted by molar-refractivity contribution is 6.30. The Kier molecular flexibility index (Phi) is 13.0. The third-order valence-corrected chi connectivity index (χ3v) is 8.11. The minimum atomic E-state index is -0.356. The van der Waals surface area contributed by atoms with Crippen LogP contribution in [0, 0.1) is 41.4 Å². The molecule has 0 aromatic heterocycles. The van der Waals surface area contributed by atoms with Gasteiger partial charge in [-0.05, 0) is 73.3 Å². The lowest BCUT2D eigenvalue weighted by Gasteiger charge is -2.38. The molecule has 1 aromatic rings. The normalized spacial score (nSPS) is 20.8. The van der Waals surface area contributed by atoms with E-state index in [1.54, 1.807) is 21.1 Å². The van der Waals surface area contributed by atoms with Crippen LogP contribution in [0.4, 0.5) is 5.69 Å². The number of halogens is 1. The highest BCUT2D eigenvalue weighted by Gasteiger charge is 2.37. The van der Waals surface area contributed by atoms with Crippen LogP contribution in [0.25, 0.3) is 0 Å². The number of amides is 1. The molecule has 238 valence electrons. The van der Waals surface area contributed by atoms with Gasteiger partial charge in [0.25, 0.3) is 0 Å². The summed E-state index contributed by atoms with van der Waals surface area (Å²) in [6.45, 7) is 11.5. The van der Waals surface area contributed by atoms with Crippen molar-refractivity contribution in [3.05, 3.63) is 52.8 Å². The summed E-state index contributed by atoms with van der Waals surface area (Å²) >= 11 is 6.49. The molecule has 44 heavy (non-hydrogen) atoms. The van der Waals surface area contributed by atoms with Gasteiger partial charge < -0.3 is 19.2 Å². The van der Waals surface area contributed by atoms with Crippen molar-refractivity contribution in [2.24, 2.45) is 39.1 Å². The molecule has 1 amide bonds. The van der Waals surface area contributed by atoms with Crippen LogP contribution in [0.3, 0.4) is 0 Å². The predicted molar refractivity (Wildman–Crippen MR) is 180 cm³/mol. The zero-order chi connectivity index (χ0) is 32.4. The fourth-order valence-electron chi connectivity index (χ4n) is 6.02. The molecule has 0 saturated carbocycles. The first-order valence-corrected chi connectivity index (χ1v) is 15.8. The topological polar surface area (TPSA) is 80.6 Å². The van der Waals surface area contributed by atoms with Gasteiger partial charge in [0, 0.05) is 54.8 Å². The van der Waals surface area contributed by atoms with E-state index in [1.807, 2.05) is 41.3 Å². The van der Waals surface area contributed by atoms with Crippen LogP contribution < -0.4 is 4.90 Å². The van der Waals surface area contributed by atoms with Crippen molar-refractivity contribution >= 4 is 40.5 Å². The fourth-order valence-corrected chi connectivity index (χ4v) is 6.22. The maximum Gasteiger partial charge on any atom is 0.230 e. The number of ketones is 1. The Morgan fingerprint density at radius 2 is 2.05 bits per heavy atom. The van der Waals surface area contributed by atoms with Crippen molar-refractivity contribution in [1.29, 1.82) is 0 Å². The number of nitrogens with zero attached hydrogens (tertiary/aromatic N) is 3. The minimum Gasteiger partial charge on any atom is -0.499 e. The summed E-state index contributed by atoms with van der Waals surface area (Å²) in [6.07, 6.45) is 14.8. The average Bonchev–Trinajstić information content (AvgIpc) is 3.37. The van der Waals surface area contributed by atoms with Gasteiger partial charge in [0.15, 0.2) is 0 Å². The Balaban J connectivity index is 1.99. The van der Waals surface area contributed by atoms with Gasteiger partial charge in [-0.3, -0.25) is 9.79 Å². The van der Waals surface area contributed by atoms with Gasteiger partial charge in [0.05, 0.1) is 13.7 Å². The van der Waals surface area contributed by atoms with Gasteiger partial charge in [0.2, 0.25) is 5.91 Å². The maximum absolute atomic E-state index is 14.5. The lowest BCUT2D eigenvalue weighted by molar-refractivity contribution is -0.123. The second-order valence-electron chi connectivity index (χ2n) is 13.3. The van der Waals surface area contributed by atoms with E-state index in [0.29, 0.717) is 62.0 Å². The molecule has 0 radical (unpaired) electrons. The third-order valence-electron chi connectivity index (χ3n) is 7.88. The summed E-state index contributed by atoms with van der Waals surface area (Å²) in [4.78, 5) is 37.6. The van der Waals surface area contributed by atoms with Crippen molar-refractivity contribution < 1.29 is 19.1 Å². The molecule has 4 atom stereocenters. The number of aliphatic imine (C=N–C) groups is 2. The number of benzene rings is 1. The highest BCUT2D eigenvalue weighted by Crippen LogP contribution is 2.38. The fraction of sp³-hybridized carbons (Fsp3) is 0.556. The number of amidine groups is 1. The van der Waals surface area contributed by atoms with E-state index in [2.05, 4.69) is 33.6 Å². The van der Waals surface area contributed by atoms with Crippen molar-refractivity contribution in [2.75, 3.05) is 38.8 Å². The smallest absolute Gasteiger partial charge is 0.230 e. The Hall–Kier alpha value is -3.21. The lowest BCUT2D eigenvalue weighted by atomic mass is 9.77. The molecule has 0 aliphatic carbocycles. The lowest BCUT2D eigenvalue weighted by Crippen LogP contribution is -2.44. The van der Waals surface area contributed by atoms with Crippen molar-refractivity contribution in [3.63, 3.8) is 0 Å². The van der Waals surface area contributed by atoms with Crippen molar-refractivity contribution in [1.82, 2.24) is 0 Å². The number of anilines is 1. The van der Waals surface area contributed by atoms with E-state index >= 15 is 0 Å². The molecule has 0 fully saturated rings. The number of terminal acetylenes is 1. The average molecular weight is 622 g/mol. The molecule has 0 saturated heterocycles. The van der Waals surface area contributed by atoms with Crippen LogP contribution in [0.5, 0.6) is 0 Å². The molecule has 0 bridgehead atoms. The molecule has 7 nitrogen and oxygen atoms in total. The van der Waals surface area contributed by atoms with E-state index in [9.17, 15) is 9.59 Å². The van der Waals surface area contributed by atoms with Crippen molar-refractivity contribution in [3.8, 4) is 12.3 Å². The Bertz CT molecular complexity index is 1350. The summed E-state index contributed by atoms with van der Waals surface area (Å²) in [5, 5.41) is 0.629. The number of ether oxygens (including phenoxy) is 2. The van der Waals surface area contributed by atoms with Crippen LogP contribution in [-0.2, 0) is 25.5 Å². The summed E-state index contributed by atoms with van der Waals surface area (Å²) in [6, 6.07) is 5.77. The second kappa shape index (κ2) is 16.2. The number of hydrogen-bond donors (Lipinski definition) is 0. The van der Waals surface area contributed by atoms with Gasteiger partial charge in [-0.1, -0.05) is 57.4 Å². The predicted octanol–water partition coefficient (Wildman–Crippen LogP) is 7.13. The number of rotatable bonds is 13. The molecule has 0 spiro atoms. The van der Waals surface area contributed by atoms with Crippen LogP contribution in [0.1, 0.15) is 65.9 Å². The maximum atomic E-state index is 14.5. The number of Topliss-reactive ketones (excluding diaryl/α,β-unsaturated/α-hetero) is 1. The summed E-state index contributed by atoms with van der Waals surface area (Å²) in [5.41, 5.74) is 2.73. The number of carbonyl (C=O) groups excluding carboxylic acids is 2. The summed E-state index contributed by atoms with van der Waals surface area (Å²) < 4.78 is 10.6. The summed E-state index contributed by atoms with van der Waals surface area (Å²) in [5.74, 6) is 4.17. The van der Waals surface area contributed by atoms with Gasteiger partial charge in [-0.2, -0.15) is 0 Å².